The van der Waals surface area contributed by atoms with Crippen LogP contribution in [0.2, 0.25) is 0 Å². The Morgan fingerprint density at radius 1 is 1.00 bits per heavy atom. The number of amides is 1. The second-order valence-electron chi connectivity index (χ2n) is 11.2. The van der Waals surface area contributed by atoms with Crippen molar-refractivity contribution in [3.05, 3.63) is 41.5 Å². The number of carbonyl (C=O) groups is 2. The summed E-state index contributed by atoms with van der Waals surface area (Å²) in [7, 11) is 0. The summed E-state index contributed by atoms with van der Waals surface area (Å²) < 4.78 is 40.3. The number of carbonyl (C=O) groups excluding carboxylic acids is 2. The van der Waals surface area contributed by atoms with Gasteiger partial charge < -0.3 is 5.32 Å². The van der Waals surface area contributed by atoms with E-state index in [9.17, 15) is 22.8 Å². The average molecular weight is 460 g/mol. The number of fused-ring (bicyclic) bond motifs is 5. The van der Waals surface area contributed by atoms with Gasteiger partial charge in [-0.05, 0) is 91.7 Å². The lowest BCUT2D eigenvalue weighted by Gasteiger charge is -2.58. The van der Waals surface area contributed by atoms with Crippen molar-refractivity contribution >= 4 is 17.4 Å². The smallest absolute Gasteiger partial charge is 0.325 e. The minimum atomic E-state index is -4.51. The quantitative estimate of drug-likeness (QED) is 0.529. The zero-order valence-electron chi connectivity index (χ0n) is 19.3. The van der Waals surface area contributed by atoms with E-state index in [1.54, 1.807) is 0 Å². The molecule has 1 amide bonds. The first-order chi connectivity index (χ1) is 15.5. The van der Waals surface area contributed by atoms with E-state index in [-0.39, 0.29) is 34.1 Å². The van der Waals surface area contributed by atoms with Gasteiger partial charge in [0.25, 0.3) is 0 Å². The molecular weight excluding hydrogens is 427 g/mol. The van der Waals surface area contributed by atoms with Gasteiger partial charge in [-0.3, -0.25) is 9.59 Å². The topological polar surface area (TPSA) is 46.2 Å². The summed E-state index contributed by atoms with van der Waals surface area (Å²) in [4.78, 5) is 25.3. The predicted octanol–water partition coefficient (Wildman–Crippen LogP) is 6.79. The van der Waals surface area contributed by atoms with E-state index in [1.165, 1.54) is 23.8 Å². The maximum atomic E-state index is 13.4. The zero-order chi connectivity index (χ0) is 23.6. The van der Waals surface area contributed by atoms with Crippen LogP contribution in [0, 0.1) is 34.5 Å². The van der Waals surface area contributed by atoms with Crippen molar-refractivity contribution in [1.29, 1.82) is 0 Å². The molecule has 0 aliphatic heterocycles. The molecule has 4 aliphatic carbocycles. The molecule has 0 heterocycles. The van der Waals surface area contributed by atoms with Gasteiger partial charge in [-0.2, -0.15) is 13.2 Å². The molecule has 0 saturated heterocycles. The fourth-order valence-electron chi connectivity index (χ4n) is 8.05. The van der Waals surface area contributed by atoms with Crippen LogP contribution in [0.3, 0.4) is 0 Å². The van der Waals surface area contributed by atoms with Crippen LogP contribution < -0.4 is 5.32 Å². The molecule has 0 aromatic heterocycles. The summed E-state index contributed by atoms with van der Waals surface area (Å²) >= 11 is 0. The predicted molar refractivity (Wildman–Crippen MR) is 120 cm³/mol. The summed E-state index contributed by atoms with van der Waals surface area (Å²) in [5.74, 6) is 1.14. The molecule has 33 heavy (non-hydrogen) atoms. The molecule has 178 valence electrons. The molecule has 3 nitrogen and oxygen atoms in total. The zero-order valence-corrected chi connectivity index (χ0v) is 19.3. The number of hydrogen-bond donors (Lipinski definition) is 1. The number of halogens is 3. The summed E-state index contributed by atoms with van der Waals surface area (Å²) in [6.45, 7) is 4.52. The second kappa shape index (κ2) is 7.71. The molecule has 3 fully saturated rings. The molecule has 1 aromatic rings. The number of hydrogen-bond acceptors (Lipinski definition) is 2. The Labute approximate surface area is 193 Å². The number of allylic oxidation sites excluding steroid dienone is 1. The van der Waals surface area contributed by atoms with Crippen molar-refractivity contribution in [3.63, 3.8) is 0 Å². The third-order valence-corrected chi connectivity index (χ3v) is 9.77. The van der Waals surface area contributed by atoms with Gasteiger partial charge in [0, 0.05) is 12.3 Å². The highest BCUT2D eigenvalue weighted by Gasteiger charge is 2.60. The van der Waals surface area contributed by atoms with E-state index in [0.29, 0.717) is 24.2 Å². The molecule has 6 heteroatoms. The van der Waals surface area contributed by atoms with Gasteiger partial charge >= 0.3 is 6.18 Å². The minimum absolute atomic E-state index is 0.0736. The Balaban J connectivity index is 1.37. The largest absolute Gasteiger partial charge is 0.418 e. The number of alkyl halides is 3. The number of para-hydroxylation sites is 1. The molecule has 1 N–H and O–H groups in total. The van der Waals surface area contributed by atoms with Crippen LogP contribution in [0.15, 0.2) is 35.9 Å². The Kier molecular flexibility index (Phi) is 5.30. The minimum Gasteiger partial charge on any atom is -0.325 e. The fourth-order valence-corrected chi connectivity index (χ4v) is 8.05. The van der Waals surface area contributed by atoms with Gasteiger partial charge in [-0.15, -0.1) is 0 Å². The van der Waals surface area contributed by atoms with Crippen LogP contribution in [0.4, 0.5) is 18.9 Å². The lowest BCUT2D eigenvalue weighted by atomic mass is 9.47. The van der Waals surface area contributed by atoms with Gasteiger partial charge in [-0.1, -0.05) is 31.6 Å². The third kappa shape index (κ3) is 3.55. The lowest BCUT2D eigenvalue weighted by molar-refractivity contribution is -0.137. The van der Waals surface area contributed by atoms with Gasteiger partial charge in [-0.25, -0.2) is 0 Å². The van der Waals surface area contributed by atoms with Crippen LogP contribution in [-0.4, -0.2) is 11.7 Å². The van der Waals surface area contributed by atoms with E-state index in [0.717, 1.165) is 51.0 Å². The average Bonchev–Trinajstić information content (AvgIpc) is 3.11. The van der Waals surface area contributed by atoms with Crippen LogP contribution in [-0.2, 0) is 15.8 Å². The third-order valence-electron chi connectivity index (χ3n) is 9.77. The highest BCUT2D eigenvalue weighted by Crippen LogP contribution is 2.66. The number of nitrogens with one attached hydrogen (secondary N) is 1. The SMILES string of the molecule is C[C@]12CCC(=O)C=C1CC[C@@H]1[C@H]2CC[C@]2(C)C(C(=O)Nc3ccccc3C(F)(F)F)CC[C@@H]12. The van der Waals surface area contributed by atoms with Gasteiger partial charge in [0.05, 0.1) is 11.3 Å². The first-order valence-electron chi connectivity index (χ1n) is 12.2. The second-order valence-corrected chi connectivity index (χ2v) is 11.2. The van der Waals surface area contributed by atoms with Gasteiger partial charge in [0.15, 0.2) is 5.78 Å². The van der Waals surface area contributed by atoms with E-state index in [4.69, 9.17) is 0 Å². The van der Waals surface area contributed by atoms with Crippen molar-refractivity contribution in [2.24, 2.45) is 34.5 Å². The monoisotopic (exact) mass is 459 g/mol. The van der Waals surface area contributed by atoms with Crippen LogP contribution in [0.5, 0.6) is 0 Å². The molecule has 1 aromatic carbocycles. The molecule has 4 aliphatic rings. The first-order valence-corrected chi connectivity index (χ1v) is 12.2. The fraction of sp³-hybridized carbons (Fsp3) is 0.630. The molecule has 0 bridgehead atoms. The van der Waals surface area contributed by atoms with Crippen LogP contribution in [0.25, 0.3) is 0 Å². The van der Waals surface area contributed by atoms with Crippen molar-refractivity contribution < 1.29 is 22.8 Å². The van der Waals surface area contributed by atoms with Crippen molar-refractivity contribution in [2.75, 3.05) is 5.32 Å². The standard InChI is InChI=1S/C27H32F3NO2/c1-25-13-11-17(32)15-16(25)7-8-18-19-9-10-22(26(19,2)14-12-20(18)25)24(33)31-23-6-4-3-5-21(23)27(28,29)30/h3-6,15,18-20,22H,7-14H2,1-2H3,(H,31,33)/t18-,19-,20+,22?,25-,26-/m0/s1. The number of benzene rings is 1. The summed E-state index contributed by atoms with van der Waals surface area (Å²) in [5, 5.41) is 2.64. The Morgan fingerprint density at radius 3 is 2.52 bits per heavy atom. The Hall–Kier alpha value is -2.11. The molecule has 6 atom stereocenters. The molecule has 3 saturated carbocycles. The van der Waals surface area contributed by atoms with Gasteiger partial charge in [0.1, 0.15) is 0 Å². The van der Waals surface area contributed by atoms with E-state index < -0.39 is 11.7 Å². The van der Waals surface area contributed by atoms with E-state index >= 15 is 0 Å². The summed E-state index contributed by atoms with van der Waals surface area (Å²) in [5.41, 5.74) is 0.250. The lowest BCUT2D eigenvalue weighted by Crippen LogP contribution is -2.51. The van der Waals surface area contributed by atoms with Crippen LogP contribution >= 0.6 is 0 Å². The molecular formula is C27H32F3NO2. The first kappa shape index (κ1) is 22.7. The number of anilines is 1. The summed E-state index contributed by atoms with van der Waals surface area (Å²) in [6, 6.07) is 5.23. The number of ketones is 1. The van der Waals surface area contributed by atoms with Crippen molar-refractivity contribution in [1.82, 2.24) is 0 Å². The van der Waals surface area contributed by atoms with Crippen LogP contribution in [0.1, 0.15) is 70.8 Å². The number of rotatable bonds is 2. The van der Waals surface area contributed by atoms with Crippen molar-refractivity contribution in [2.45, 2.75) is 71.4 Å². The maximum Gasteiger partial charge on any atom is 0.418 e. The Bertz CT molecular complexity index is 1010. The van der Waals surface area contributed by atoms with Gasteiger partial charge in [0.2, 0.25) is 5.91 Å². The highest BCUT2D eigenvalue weighted by atomic mass is 19.4. The van der Waals surface area contributed by atoms with E-state index in [1.807, 2.05) is 6.08 Å². The van der Waals surface area contributed by atoms with E-state index in [2.05, 4.69) is 19.2 Å². The summed E-state index contributed by atoms with van der Waals surface area (Å²) in [6.07, 6.45) is 4.53. The normalized spacial score (nSPS) is 38.1. The Morgan fingerprint density at radius 2 is 1.76 bits per heavy atom. The molecule has 0 radical (unpaired) electrons. The molecule has 0 spiro atoms. The molecule has 5 rings (SSSR count). The molecule has 1 unspecified atom stereocenters. The maximum absolute atomic E-state index is 13.4. The highest BCUT2D eigenvalue weighted by molar-refractivity contribution is 5.94. The van der Waals surface area contributed by atoms with Crippen molar-refractivity contribution in [3.8, 4) is 0 Å².